The van der Waals surface area contributed by atoms with Crippen molar-refractivity contribution in [2.45, 2.75) is 43.7 Å². The van der Waals surface area contributed by atoms with Gasteiger partial charge in [0.2, 0.25) is 5.78 Å². The average molecular weight is 403 g/mol. The zero-order valence-corrected chi connectivity index (χ0v) is 17.0. The molecule has 2 aromatic rings. The zero-order valence-electron chi connectivity index (χ0n) is 17.0. The standard InChI is InChI=1S/C24H25N3O3/c1-27-19(22(28)15-5-3-2-4-6-15)9-18(13-25)21(27)23(29)26-20-16-7-14-8-17(20)12-24(30,10-14)11-16/h2-6,9,14,16-17,20,30H,7-8,10-12H2,1H3,(H,26,29). The molecule has 154 valence electrons. The topological polar surface area (TPSA) is 95.1 Å². The van der Waals surface area contributed by atoms with Crippen LogP contribution in [0.1, 0.15) is 64.2 Å². The molecule has 0 spiro atoms. The highest BCUT2D eigenvalue weighted by Gasteiger charge is 2.55. The van der Waals surface area contributed by atoms with Crippen molar-refractivity contribution >= 4 is 11.7 Å². The molecule has 6 rings (SSSR count). The van der Waals surface area contributed by atoms with Gasteiger partial charge < -0.3 is 15.0 Å². The Balaban J connectivity index is 1.42. The first kappa shape index (κ1) is 19.1. The summed E-state index contributed by atoms with van der Waals surface area (Å²) in [5, 5.41) is 23.6. The SMILES string of the molecule is Cn1c(C(=O)c2ccccc2)cc(C#N)c1C(=O)NC1C2CC3CC1CC(O)(C3)C2. The molecule has 0 saturated heterocycles. The Morgan fingerprint density at radius 1 is 1.17 bits per heavy atom. The molecule has 2 atom stereocenters. The number of carbonyl (C=O) groups excluding carboxylic acids is 2. The quantitative estimate of drug-likeness (QED) is 0.768. The van der Waals surface area contributed by atoms with Crippen LogP contribution in [-0.4, -0.2) is 33.0 Å². The fraction of sp³-hybridized carbons (Fsp3) is 0.458. The summed E-state index contributed by atoms with van der Waals surface area (Å²) in [6.07, 6.45) is 4.45. The minimum absolute atomic E-state index is 0.0176. The van der Waals surface area contributed by atoms with Crippen LogP contribution in [0, 0.1) is 29.1 Å². The Labute approximate surface area is 175 Å². The van der Waals surface area contributed by atoms with Gasteiger partial charge in [-0.15, -0.1) is 0 Å². The summed E-state index contributed by atoms with van der Waals surface area (Å²) in [6.45, 7) is 0. The maximum atomic E-state index is 13.2. The van der Waals surface area contributed by atoms with Crippen LogP contribution < -0.4 is 5.32 Å². The van der Waals surface area contributed by atoms with Gasteiger partial charge >= 0.3 is 0 Å². The van der Waals surface area contributed by atoms with Crippen molar-refractivity contribution in [3.05, 3.63) is 58.9 Å². The maximum absolute atomic E-state index is 13.2. The van der Waals surface area contributed by atoms with Crippen molar-refractivity contribution in [1.82, 2.24) is 9.88 Å². The van der Waals surface area contributed by atoms with Gasteiger partial charge in [0.05, 0.1) is 16.9 Å². The van der Waals surface area contributed by atoms with E-state index in [4.69, 9.17) is 0 Å². The second kappa shape index (κ2) is 6.82. The molecule has 1 aromatic heterocycles. The molecule has 1 amide bonds. The molecule has 6 heteroatoms. The van der Waals surface area contributed by atoms with Crippen LogP contribution in [0.4, 0.5) is 0 Å². The first-order chi connectivity index (χ1) is 14.4. The highest BCUT2D eigenvalue weighted by molar-refractivity contribution is 6.09. The van der Waals surface area contributed by atoms with Gasteiger partial charge in [-0.2, -0.15) is 5.26 Å². The van der Waals surface area contributed by atoms with E-state index in [9.17, 15) is 20.0 Å². The third kappa shape index (κ3) is 2.96. The van der Waals surface area contributed by atoms with Crippen LogP contribution in [-0.2, 0) is 7.05 Å². The highest BCUT2D eigenvalue weighted by atomic mass is 16.3. The summed E-state index contributed by atoms with van der Waals surface area (Å²) in [5.74, 6) is 0.583. The number of benzene rings is 1. The lowest BCUT2D eigenvalue weighted by atomic mass is 9.52. The van der Waals surface area contributed by atoms with Gasteiger partial charge in [-0.05, 0) is 55.9 Å². The molecule has 4 aliphatic rings. The molecular formula is C24H25N3O3. The number of nitrogens with one attached hydrogen (secondary N) is 1. The third-order valence-corrected chi connectivity index (χ3v) is 7.38. The molecule has 1 heterocycles. The molecule has 30 heavy (non-hydrogen) atoms. The number of amides is 1. The minimum Gasteiger partial charge on any atom is -0.390 e. The number of ketones is 1. The molecule has 6 nitrogen and oxygen atoms in total. The third-order valence-electron chi connectivity index (χ3n) is 7.38. The van der Waals surface area contributed by atoms with Crippen molar-refractivity contribution in [3.8, 4) is 6.07 Å². The molecule has 0 radical (unpaired) electrons. The number of hydrogen-bond donors (Lipinski definition) is 2. The lowest BCUT2D eigenvalue weighted by Gasteiger charge is -2.58. The van der Waals surface area contributed by atoms with E-state index < -0.39 is 5.60 Å². The van der Waals surface area contributed by atoms with Crippen LogP contribution in [0.2, 0.25) is 0 Å². The normalized spacial score (nSPS) is 31.4. The number of nitrogens with zero attached hydrogens (tertiary/aromatic N) is 2. The van der Waals surface area contributed by atoms with E-state index in [1.54, 1.807) is 31.3 Å². The van der Waals surface area contributed by atoms with Crippen molar-refractivity contribution in [1.29, 1.82) is 5.26 Å². The predicted molar refractivity (Wildman–Crippen MR) is 110 cm³/mol. The first-order valence-corrected chi connectivity index (χ1v) is 10.6. The molecule has 4 aliphatic carbocycles. The molecular weight excluding hydrogens is 378 g/mol. The number of rotatable bonds is 4. The van der Waals surface area contributed by atoms with Crippen LogP contribution in [0.25, 0.3) is 0 Å². The van der Waals surface area contributed by atoms with Crippen molar-refractivity contribution < 1.29 is 14.7 Å². The molecule has 4 bridgehead atoms. The van der Waals surface area contributed by atoms with Gasteiger partial charge in [-0.25, -0.2) is 0 Å². The second-order valence-corrected chi connectivity index (χ2v) is 9.35. The molecule has 2 unspecified atom stereocenters. The fourth-order valence-corrected chi connectivity index (χ4v) is 6.35. The van der Waals surface area contributed by atoms with Crippen molar-refractivity contribution in [3.63, 3.8) is 0 Å². The predicted octanol–water partition coefficient (Wildman–Crippen LogP) is 2.80. The Bertz CT molecular complexity index is 1050. The summed E-state index contributed by atoms with van der Waals surface area (Å²) in [6, 6.07) is 12.5. The van der Waals surface area contributed by atoms with Gasteiger partial charge in [0.15, 0.2) is 0 Å². The van der Waals surface area contributed by atoms with E-state index in [2.05, 4.69) is 11.4 Å². The van der Waals surface area contributed by atoms with Crippen LogP contribution in [0.15, 0.2) is 36.4 Å². The lowest BCUT2D eigenvalue weighted by Crippen LogP contribution is -2.61. The summed E-state index contributed by atoms with van der Waals surface area (Å²) < 4.78 is 1.53. The second-order valence-electron chi connectivity index (χ2n) is 9.35. The van der Waals surface area contributed by atoms with Crippen molar-refractivity contribution in [2.75, 3.05) is 0 Å². The number of aliphatic hydroxyl groups is 1. The van der Waals surface area contributed by atoms with E-state index in [1.807, 2.05) is 6.07 Å². The van der Waals surface area contributed by atoms with Gasteiger partial charge in [0.25, 0.3) is 5.91 Å². The summed E-state index contributed by atoms with van der Waals surface area (Å²) >= 11 is 0. The van der Waals surface area contributed by atoms with Crippen LogP contribution >= 0.6 is 0 Å². The molecule has 2 N–H and O–H groups in total. The minimum atomic E-state index is -0.560. The summed E-state index contributed by atoms with van der Waals surface area (Å²) in [4.78, 5) is 26.1. The summed E-state index contributed by atoms with van der Waals surface area (Å²) in [5.41, 5.74) is 0.711. The molecule has 4 saturated carbocycles. The Morgan fingerprint density at radius 3 is 2.43 bits per heavy atom. The Morgan fingerprint density at radius 2 is 1.83 bits per heavy atom. The van der Waals surface area contributed by atoms with Crippen LogP contribution in [0.3, 0.4) is 0 Å². The van der Waals surface area contributed by atoms with E-state index in [-0.39, 0.29) is 40.8 Å². The van der Waals surface area contributed by atoms with Gasteiger partial charge in [-0.3, -0.25) is 9.59 Å². The fourth-order valence-electron chi connectivity index (χ4n) is 6.35. The number of carbonyl (C=O) groups is 2. The van der Waals surface area contributed by atoms with Gasteiger partial charge in [0.1, 0.15) is 11.8 Å². The van der Waals surface area contributed by atoms with E-state index in [0.717, 1.165) is 32.1 Å². The van der Waals surface area contributed by atoms with E-state index in [1.165, 1.54) is 10.6 Å². The van der Waals surface area contributed by atoms with E-state index >= 15 is 0 Å². The van der Waals surface area contributed by atoms with Gasteiger partial charge in [-0.1, -0.05) is 30.3 Å². The highest BCUT2D eigenvalue weighted by Crippen LogP contribution is 2.55. The summed E-state index contributed by atoms with van der Waals surface area (Å²) in [7, 11) is 1.66. The smallest absolute Gasteiger partial charge is 0.269 e. The number of hydrogen-bond acceptors (Lipinski definition) is 4. The largest absolute Gasteiger partial charge is 0.390 e. The van der Waals surface area contributed by atoms with Crippen LogP contribution in [0.5, 0.6) is 0 Å². The monoisotopic (exact) mass is 403 g/mol. The Kier molecular flexibility index (Phi) is 4.33. The van der Waals surface area contributed by atoms with Crippen molar-refractivity contribution in [2.24, 2.45) is 24.8 Å². The first-order valence-electron chi connectivity index (χ1n) is 10.6. The van der Waals surface area contributed by atoms with Gasteiger partial charge in [0, 0.05) is 18.7 Å². The average Bonchev–Trinajstić information content (AvgIpc) is 3.06. The molecule has 4 fully saturated rings. The van der Waals surface area contributed by atoms with E-state index in [0.29, 0.717) is 17.2 Å². The lowest BCUT2D eigenvalue weighted by molar-refractivity contribution is -0.137. The molecule has 1 aromatic carbocycles. The Hall–Kier alpha value is -2.91. The zero-order chi connectivity index (χ0) is 21.0. The number of nitriles is 1. The number of aromatic nitrogens is 1. The molecule has 0 aliphatic heterocycles. The maximum Gasteiger partial charge on any atom is 0.269 e.